The molecule has 5 rings (SSSR count). The van der Waals surface area contributed by atoms with Gasteiger partial charge in [0.05, 0.1) is 5.92 Å². The molecule has 140 valence electrons. The van der Waals surface area contributed by atoms with Crippen LogP contribution in [-0.2, 0) is 0 Å². The maximum absolute atomic E-state index is 13.1. The summed E-state index contributed by atoms with van der Waals surface area (Å²) in [6.07, 6.45) is 0. The van der Waals surface area contributed by atoms with Crippen molar-refractivity contribution in [2.24, 2.45) is 5.73 Å². The lowest BCUT2D eigenvalue weighted by atomic mass is 9.81. The second-order valence-electron chi connectivity index (χ2n) is 7.27. The van der Waals surface area contributed by atoms with Gasteiger partial charge in [0.15, 0.2) is 0 Å². The minimum absolute atomic E-state index is 0.0315. The standard InChI is InChI=1S/C24H17N3O2/c1-13-6-8-19-15(10-13)11-17(24(28)27-19)21-18(12-25)23(26)29-20-9-7-14-4-2-3-5-16(14)22(20)21/h2-11,21H,26H2,1H3,(H,27,28). The summed E-state index contributed by atoms with van der Waals surface area (Å²) in [4.78, 5) is 16.0. The number of H-pyrrole nitrogens is 1. The van der Waals surface area contributed by atoms with E-state index in [1.165, 1.54) is 0 Å². The lowest BCUT2D eigenvalue weighted by Gasteiger charge is -2.27. The van der Waals surface area contributed by atoms with Crippen LogP contribution >= 0.6 is 0 Å². The van der Waals surface area contributed by atoms with Crippen LogP contribution in [0.1, 0.15) is 22.6 Å². The van der Waals surface area contributed by atoms with Crippen molar-refractivity contribution in [2.75, 3.05) is 0 Å². The molecular formula is C24H17N3O2. The maximum atomic E-state index is 13.1. The number of aromatic amines is 1. The highest BCUT2D eigenvalue weighted by atomic mass is 16.5. The predicted molar refractivity (Wildman–Crippen MR) is 113 cm³/mol. The van der Waals surface area contributed by atoms with Crippen molar-refractivity contribution in [3.05, 3.63) is 99.2 Å². The van der Waals surface area contributed by atoms with Gasteiger partial charge in [-0.2, -0.15) is 5.26 Å². The van der Waals surface area contributed by atoms with Gasteiger partial charge >= 0.3 is 0 Å². The van der Waals surface area contributed by atoms with Crippen LogP contribution in [0.4, 0.5) is 0 Å². The Labute approximate surface area is 166 Å². The average Bonchev–Trinajstić information content (AvgIpc) is 2.72. The second-order valence-corrected chi connectivity index (χ2v) is 7.27. The van der Waals surface area contributed by atoms with Crippen molar-refractivity contribution in [1.29, 1.82) is 5.26 Å². The number of pyridine rings is 1. The first-order valence-corrected chi connectivity index (χ1v) is 9.29. The van der Waals surface area contributed by atoms with Crippen LogP contribution in [0.3, 0.4) is 0 Å². The van der Waals surface area contributed by atoms with Crippen LogP contribution in [0.5, 0.6) is 5.75 Å². The molecule has 1 unspecified atom stereocenters. The number of rotatable bonds is 1. The fraction of sp³-hybridized carbons (Fsp3) is 0.0833. The Balaban J connectivity index is 1.88. The minimum Gasteiger partial charge on any atom is -0.440 e. The molecule has 0 saturated heterocycles. The van der Waals surface area contributed by atoms with Crippen molar-refractivity contribution >= 4 is 21.7 Å². The summed E-state index contributed by atoms with van der Waals surface area (Å²) in [6, 6.07) is 21.5. The van der Waals surface area contributed by atoms with Gasteiger partial charge in [-0.05, 0) is 47.3 Å². The van der Waals surface area contributed by atoms with Crippen molar-refractivity contribution in [1.82, 2.24) is 4.98 Å². The van der Waals surface area contributed by atoms with Crippen LogP contribution in [0.15, 0.2) is 76.9 Å². The van der Waals surface area contributed by atoms with Gasteiger partial charge in [0, 0.05) is 16.6 Å². The third-order valence-corrected chi connectivity index (χ3v) is 5.45. The monoisotopic (exact) mass is 379 g/mol. The van der Waals surface area contributed by atoms with Gasteiger partial charge in [0.1, 0.15) is 17.4 Å². The van der Waals surface area contributed by atoms with Crippen LogP contribution in [-0.4, -0.2) is 4.98 Å². The van der Waals surface area contributed by atoms with Gasteiger partial charge in [-0.3, -0.25) is 4.79 Å². The number of allylic oxidation sites excluding steroid dienone is 1. The van der Waals surface area contributed by atoms with E-state index >= 15 is 0 Å². The van der Waals surface area contributed by atoms with E-state index in [1.54, 1.807) is 0 Å². The number of nitriles is 1. The lowest BCUT2D eigenvalue weighted by Crippen LogP contribution is -2.25. The molecule has 1 aliphatic heterocycles. The van der Waals surface area contributed by atoms with Crippen LogP contribution in [0.25, 0.3) is 21.7 Å². The Bertz CT molecular complexity index is 1440. The highest BCUT2D eigenvalue weighted by molar-refractivity contribution is 5.90. The van der Waals surface area contributed by atoms with E-state index in [4.69, 9.17) is 10.5 Å². The van der Waals surface area contributed by atoms with Gasteiger partial charge in [0.2, 0.25) is 5.88 Å². The molecule has 1 aliphatic rings. The first-order valence-electron chi connectivity index (χ1n) is 9.29. The summed E-state index contributed by atoms with van der Waals surface area (Å²) >= 11 is 0. The fourth-order valence-electron chi connectivity index (χ4n) is 4.11. The fourth-order valence-corrected chi connectivity index (χ4v) is 4.11. The molecule has 0 radical (unpaired) electrons. The summed E-state index contributed by atoms with van der Waals surface area (Å²) in [7, 11) is 0. The molecule has 1 atom stereocenters. The van der Waals surface area contributed by atoms with Crippen LogP contribution in [0, 0.1) is 18.3 Å². The highest BCUT2D eigenvalue weighted by Crippen LogP contribution is 2.44. The minimum atomic E-state index is -0.608. The molecule has 0 spiro atoms. The smallest absolute Gasteiger partial charge is 0.252 e. The van der Waals surface area contributed by atoms with E-state index < -0.39 is 5.92 Å². The number of benzene rings is 3. The van der Waals surface area contributed by atoms with E-state index in [2.05, 4.69) is 11.1 Å². The molecule has 4 aromatic rings. The van der Waals surface area contributed by atoms with Gasteiger partial charge in [-0.1, -0.05) is 42.0 Å². The zero-order chi connectivity index (χ0) is 20.1. The number of nitrogens with one attached hydrogen (secondary N) is 1. The van der Waals surface area contributed by atoms with E-state index in [0.29, 0.717) is 11.3 Å². The third-order valence-electron chi connectivity index (χ3n) is 5.45. The number of fused-ring (bicyclic) bond motifs is 4. The molecule has 0 bridgehead atoms. The van der Waals surface area contributed by atoms with Gasteiger partial charge in [-0.15, -0.1) is 0 Å². The summed E-state index contributed by atoms with van der Waals surface area (Å²) in [5, 5.41) is 12.7. The SMILES string of the molecule is Cc1ccc2[nH]c(=O)c(C3C(C#N)=C(N)Oc4ccc5ccccc5c43)cc2c1. The lowest BCUT2D eigenvalue weighted by molar-refractivity contribution is 0.395. The second kappa shape index (κ2) is 6.25. The molecule has 0 fully saturated rings. The molecule has 0 aliphatic carbocycles. The summed E-state index contributed by atoms with van der Waals surface area (Å²) < 4.78 is 5.76. The Morgan fingerprint density at radius 1 is 1.07 bits per heavy atom. The first kappa shape index (κ1) is 17.1. The zero-order valence-corrected chi connectivity index (χ0v) is 15.7. The number of nitrogens with two attached hydrogens (primary N) is 1. The van der Waals surface area contributed by atoms with Crippen molar-refractivity contribution in [3.63, 3.8) is 0 Å². The maximum Gasteiger partial charge on any atom is 0.252 e. The summed E-state index contributed by atoms with van der Waals surface area (Å²) in [5.41, 5.74) is 9.19. The van der Waals surface area contributed by atoms with E-state index in [1.807, 2.05) is 67.6 Å². The zero-order valence-electron chi connectivity index (χ0n) is 15.7. The van der Waals surface area contributed by atoms with Gasteiger partial charge in [-0.25, -0.2) is 0 Å². The van der Waals surface area contributed by atoms with Gasteiger partial charge < -0.3 is 15.5 Å². The van der Waals surface area contributed by atoms with E-state index in [0.717, 1.165) is 32.8 Å². The molecule has 5 nitrogen and oxygen atoms in total. The number of aryl methyl sites for hydroxylation is 1. The van der Waals surface area contributed by atoms with E-state index in [9.17, 15) is 10.1 Å². The number of nitrogens with zero attached hydrogens (tertiary/aromatic N) is 1. The topological polar surface area (TPSA) is 91.9 Å². The Morgan fingerprint density at radius 2 is 1.90 bits per heavy atom. The molecule has 2 heterocycles. The largest absolute Gasteiger partial charge is 0.440 e. The predicted octanol–water partition coefficient (Wildman–Crippen LogP) is 4.21. The molecule has 29 heavy (non-hydrogen) atoms. The third kappa shape index (κ3) is 2.58. The van der Waals surface area contributed by atoms with E-state index in [-0.39, 0.29) is 17.0 Å². The summed E-state index contributed by atoms with van der Waals surface area (Å²) in [5.74, 6) is -0.0125. The molecule has 0 saturated carbocycles. The molecule has 3 aromatic carbocycles. The Kier molecular flexibility index (Phi) is 3.68. The normalized spacial score (nSPS) is 15.8. The van der Waals surface area contributed by atoms with Crippen molar-refractivity contribution in [2.45, 2.75) is 12.8 Å². The van der Waals surface area contributed by atoms with Crippen LogP contribution < -0.4 is 16.0 Å². The Morgan fingerprint density at radius 3 is 2.72 bits per heavy atom. The number of hydrogen-bond donors (Lipinski definition) is 2. The first-order chi connectivity index (χ1) is 14.1. The highest BCUT2D eigenvalue weighted by Gasteiger charge is 2.33. The Hall–Kier alpha value is -4.04. The molecular weight excluding hydrogens is 362 g/mol. The molecule has 0 amide bonds. The van der Waals surface area contributed by atoms with Gasteiger partial charge in [0.25, 0.3) is 5.56 Å². The average molecular weight is 379 g/mol. The molecule has 5 heteroatoms. The van der Waals surface area contributed by atoms with Crippen molar-refractivity contribution < 1.29 is 4.74 Å². The van der Waals surface area contributed by atoms with Crippen molar-refractivity contribution in [3.8, 4) is 11.8 Å². The molecule has 1 aromatic heterocycles. The number of ether oxygens (including phenoxy) is 1. The quantitative estimate of drug-likeness (QED) is 0.518. The molecule has 3 N–H and O–H groups in total. The number of hydrogen-bond acceptors (Lipinski definition) is 4. The summed E-state index contributed by atoms with van der Waals surface area (Å²) in [6.45, 7) is 2.00. The number of aromatic nitrogens is 1. The van der Waals surface area contributed by atoms with Crippen LogP contribution in [0.2, 0.25) is 0 Å².